The number of hydrogen-bond acceptors (Lipinski definition) is 6. The van der Waals surface area contributed by atoms with E-state index in [0.717, 1.165) is 0 Å². The molecule has 6 nitrogen and oxygen atoms in total. The Hall–Kier alpha value is -2.99. The number of methoxy groups -OCH3 is 2. The molecule has 0 atom stereocenters. The van der Waals surface area contributed by atoms with Crippen LogP contribution in [0.4, 0.5) is 0 Å². The number of fused-ring (bicyclic) bond motifs is 1. The molecule has 0 unspecified atom stereocenters. The predicted octanol–water partition coefficient (Wildman–Crippen LogP) is 3.40. The third kappa shape index (κ3) is 3.36. The Balaban J connectivity index is 2.10. The molecule has 0 saturated carbocycles. The molecule has 2 aromatic carbocycles. The van der Waals surface area contributed by atoms with Crippen molar-refractivity contribution in [2.45, 2.75) is 13.5 Å². The Bertz CT molecular complexity index is 931. The second kappa shape index (κ2) is 7.32. The Labute approximate surface area is 158 Å². The summed E-state index contributed by atoms with van der Waals surface area (Å²) >= 11 is 0. The van der Waals surface area contributed by atoms with Crippen LogP contribution in [-0.4, -0.2) is 44.1 Å². The maximum Gasteiger partial charge on any atom is 0.232 e. The van der Waals surface area contributed by atoms with Gasteiger partial charge in [-0.1, -0.05) is 12.1 Å². The lowest BCUT2D eigenvalue weighted by Gasteiger charge is -2.15. The first-order valence-corrected chi connectivity index (χ1v) is 8.52. The van der Waals surface area contributed by atoms with Crippen LogP contribution in [0, 0.1) is 6.92 Å². The number of phenols is 1. The number of carbonyl (C=O) groups excluding carboxylic acids is 1. The number of carbonyl (C=O) groups is 1. The maximum atomic E-state index is 13.0. The zero-order valence-corrected chi connectivity index (χ0v) is 16.1. The number of allylic oxidation sites excluding steroid dienone is 1. The molecule has 2 aromatic rings. The fourth-order valence-corrected chi connectivity index (χ4v) is 3.22. The number of ketones is 1. The van der Waals surface area contributed by atoms with Gasteiger partial charge in [0, 0.05) is 12.1 Å². The zero-order valence-electron chi connectivity index (χ0n) is 16.1. The summed E-state index contributed by atoms with van der Waals surface area (Å²) in [5.74, 6) is 1.59. The molecule has 0 radical (unpaired) electrons. The van der Waals surface area contributed by atoms with Crippen molar-refractivity contribution >= 4 is 11.9 Å². The molecule has 142 valence electrons. The van der Waals surface area contributed by atoms with Gasteiger partial charge in [-0.2, -0.15) is 0 Å². The number of aryl methyl sites for hydroxylation is 1. The average Bonchev–Trinajstić information content (AvgIpc) is 2.95. The predicted molar refractivity (Wildman–Crippen MR) is 103 cm³/mol. The minimum absolute atomic E-state index is 0.118. The van der Waals surface area contributed by atoms with Gasteiger partial charge in [0.25, 0.3) is 0 Å². The lowest BCUT2D eigenvalue weighted by molar-refractivity contribution is 0.101. The van der Waals surface area contributed by atoms with Crippen molar-refractivity contribution in [2.75, 3.05) is 28.3 Å². The van der Waals surface area contributed by atoms with Gasteiger partial charge in [-0.05, 0) is 44.8 Å². The minimum Gasteiger partial charge on any atom is -0.507 e. The molecule has 0 spiro atoms. The van der Waals surface area contributed by atoms with Crippen LogP contribution in [0.2, 0.25) is 0 Å². The second-order valence-corrected chi connectivity index (χ2v) is 6.66. The molecule has 0 fully saturated rings. The fourth-order valence-electron chi connectivity index (χ4n) is 3.22. The van der Waals surface area contributed by atoms with E-state index in [2.05, 4.69) is 0 Å². The lowest BCUT2D eigenvalue weighted by Crippen LogP contribution is -2.12. The number of para-hydroxylation sites is 1. The van der Waals surface area contributed by atoms with E-state index in [1.54, 1.807) is 39.4 Å². The fraction of sp³-hybridized carbons (Fsp3) is 0.286. The number of phenolic OH excluding ortho intramolecular Hbond substituents is 1. The van der Waals surface area contributed by atoms with Crippen molar-refractivity contribution in [2.24, 2.45) is 0 Å². The number of aromatic hydroxyl groups is 1. The van der Waals surface area contributed by atoms with Crippen molar-refractivity contribution in [3.8, 4) is 23.0 Å². The highest BCUT2D eigenvalue weighted by molar-refractivity contribution is 6.16. The van der Waals surface area contributed by atoms with Crippen molar-refractivity contribution in [3.63, 3.8) is 0 Å². The molecular weight excluding hydrogens is 346 g/mol. The third-order valence-corrected chi connectivity index (χ3v) is 4.42. The van der Waals surface area contributed by atoms with Gasteiger partial charge in [-0.15, -0.1) is 0 Å². The van der Waals surface area contributed by atoms with Crippen LogP contribution in [0.3, 0.4) is 0 Å². The highest BCUT2D eigenvalue weighted by Crippen LogP contribution is 2.43. The molecule has 6 heteroatoms. The summed E-state index contributed by atoms with van der Waals surface area (Å²) in [5.41, 5.74) is 2.42. The van der Waals surface area contributed by atoms with Crippen molar-refractivity contribution in [1.82, 2.24) is 4.90 Å². The number of hydrogen-bond donors (Lipinski definition) is 1. The van der Waals surface area contributed by atoms with Crippen LogP contribution in [0.25, 0.3) is 6.08 Å². The van der Waals surface area contributed by atoms with Gasteiger partial charge >= 0.3 is 0 Å². The van der Waals surface area contributed by atoms with Gasteiger partial charge in [-0.3, -0.25) is 4.79 Å². The third-order valence-electron chi connectivity index (χ3n) is 4.42. The molecule has 27 heavy (non-hydrogen) atoms. The van der Waals surface area contributed by atoms with Crippen LogP contribution in [0.1, 0.15) is 27.0 Å². The average molecular weight is 369 g/mol. The first-order chi connectivity index (χ1) is 12.9. The summed E-state index contributed by atoms with van der Waals surface area (Å²) < 4.78 is 16.7. The molecular formula is C21H23NO5. The maximum absolute atomic E-state index is 13.0. The molecule has 1 N–H and O–H groups in total. The summed E-state index contributed by atoms with van der Waals surface area (Å²) in [4.78, 5) is 14.9. The number of rotatable bonds is 5. The molecule has 0 aromatic heterocycles. The van der Waals surface area contributed by atoms with Crippen LogP contribution in [-0.2, 0) is 6.54 Å². The van der Waals surface area contributed by atoms with E-state index in [9.17, 15) is 9.90 Å². The van der Waals surface area contributed by atoms with E-state index in [0.29, 0.717) is 46.0 Å². The van der Waals surface area contributed by atoms with Gasteiger partial charge < -0.3 is 24.2 Å². The second-order valence-electron chi connectivity index (χ2n) is 6.66. The largest absolute Gasteiger partial charge is 0.507 e. The summed E-state index contributed by atoms with van der Waals surface area (Å²) in [5, 5.41) is 10.3. The first-order valence-electron chi connectivity index (χ1n) is 8.52. The highest BCUT2D eigenvalue weighted by Gasteiger charge is 2.33. The van der Waals surface area contributed by atoms with E-state index >= 15 is 0 Å². The van der Waals surface area contributed by atoms with Gasteiger partial charge in [0.1, 0.15) is 11.5 Å². The quantitative estimate of drug-likeness (QED) is 0.815. The molecule has 1 aliphatic rings. The standard InChI is InChI=1S/C21H23NO5/c1-12-9-15(23)14(11-22(2)3)21-18(12)19(24)17(27-21)10-13-7-6-8-16(25-4)20(13)26-5/h6-10,23H,11H2,1-5H3/b17-10+. The summed E-state index contributed by atoms with van der Waals surface area (Å²) in [6.07, 6.45) is 1.64. The number of nitrogens with zero attached hydrogens (tertiary/aromatic N) is 1. The topological polar surface area (TPSA) is 68.2 Å². The van der Waals surface area contributed by atoms with Gasteiger partial charge in [0.05, 0.1) is 25.3 Å². The highest BCUT2D eigenvalue weighted by atomic mass is 16.5. The van der Waals surface area contributed by atoms with Gasteiger partial charge in [0.2, 0.25) is 5.78 Å². The summed E-state index contributed by atoms with van der Waals surface area (Å²) in [7, 11) is 6.88. The molecule has 0 amide bonds. The normalized spacial score (nSPS) is 14.4. The Kier molecular flexibility index (Phi) is 5.10. The molecule has 0 bridgehead atoms. The molecule has 1 aliphatic heterocycles. The minimum atomic E-state index is -0.215. The molecule has 1 heterocycles. The van der Waals surface area contributed by atoms with Crippen LogP contribution in [0.15, 0.2) is 30.0 Å². The zero-order chi connectivity index (χ0) is 19.7. The monoisotopic (exact) mass is 369 g/mol. The van der Waals surface area contributed by atoms with Gasteiger partial charge in [0.15, 0.2) is 17.3 Å². The SMILES string of the molecule is COc1cccc(/C=C2/Oc3c(CN(C)C)c(O)cc(C)c3C2=O)c1OC. The summed E-state index contributed by atoms with van der Waals surface area (Å²) in [6, 6.07) is 7.02. The Morgan fingerprint density at radius 2 is 1.96 bits per heavy atom. The number of benzene rings is 2. The number of Topliss-reactive ketones (excluding diaryl/α,β-unsaturated/α-hetero) is 1. The van der Waals surface area contributed by atoms with Crippen molar-refractivity contribution < 1.29 is 24.1 Å². The van der Waals surface area contributed by atoms with E-state index < -0.39 is 0 Å². The smallest absolute Gasteiger partial charge is 0.232 e. The van der Waals surface area contributed by atoms with E-state index in [4.69, 9.17) is 14.2 Å². The Morgan fingerprint density at radius 3 is 2.59 bits per heavy atom. The van der Waals surface area contributed by atoms with E-state index in [-0.39, 0.29) is 17.3 Å². The molecule has 3 rings (SSSR count). The van der Waals surface area contributed by atoms with E-state index in [1.807, 2.05) is 31.1 Å². The Morgan fingerprint density at radius 1 is 1.22 bits per heavy atom. The van der Waals surface area contributed by atoms with Gasteiger partial charge in [-0.25, -0.2) is 0 Å². The molecule has 0 aliphatic carbocycles. The number of ether oxygens (including phenoxy) is 3. The van der Waals surface area contributed by atoms with E-state index in [1.165, 1.54) is 0 Å². The summed E-state index contributed by atoms with van der Waals surface area (Å²) in [6.45, 7) is 2.24. The van der Waals surface area contributed by atoms with Crippen LogP contribution >= 0.6 is 0 Å². The van der Waals surface area contributed by atoms with Crippen LogP contribution in [0.5, 0.6) is 23.0 Å². The van der Waals surface area contributed by atoms with Crippen molar-refractivity contribution in [1.29, 1.82) is 0 Å². The van der Waals surface area contributed by atoms with Crippen molar-refractivity contribution in [3.05, 3.63) is 52.3 Å². The molecule has 0 saturated heterocycles. The lowest BCUT2D eigenvalue weighted by atomic mass is 9.99. The first kappa shape index (κ1) is 18.8. The van der Waals surface area contributed by atoms with Crippen LogP contribution < -0.4 is 14.2 Å².